The number of aliphatic hydroxyl groups is 1. The van der Waals surface area contributed by atoms with Crippen LogP contribution in [-0.4, -0.2) is 78.3 Å². The molecule has 0 fully saturated rings. The van der Waals surface area contributed by atoms with E-state index >= 15 is 0 Å². The fraction of sp³-hybridized carbons (Fsp3) is 0.690. The molecule has 0 saturated carbocycles. The maximum atomic E-state index is 13.5. The summed E-state index contributed by atoms with van der Waals surface area (Å²) in [5.41, 5.74) is -0.0522. The van der Waals surface area contributed by atoms with Gasteiger partial charge in [0.1, 0.15) is 6.04 Å². The third-order valence-corrected chi connectivity index (χ3v) is 6.01. The summed E-state index contributed by atoms with van der Waals surface area (Å²) in [6.07, 6.45) is 0.114. The molecule has 38 heavy (non-hydrogen) atoms. The standard InChI is InChI=1S/C29H51N5O4/c1-20(2)15-16-34(27(38)33-29(6,7)8)19-23(35)22(17-21-13-11-10-12-14-21)31-26(37)25(28(3,4)5)32-24(36)18-30-9/h10-14,20,22-23,25,30,35H,15-19H2,1-9H3,(H,31,37)(H,32,36)(H,33,38)/t22?,23-,25-/m1/s1. The normalized spacial score (nSPS) is 14.4. The van der Waals surface area contributed by atoms with Crippen LogP contribution in [0.25, 0.3) is 0 Å². The van der Waals surface area contributed by atoms with E-state index in [1.165, 1.54) is 0 Å². The Kier molecular flexibility index (Phi) is 13.2. The Hall–Kier alpha value is -2.65. The molecular weight excluding hydrogens is 482 g/mol. The zero-order valence-corrected chi connectivity index (χ0v) is 24.9. The van der Waals surface area contributed by atoms with Crippen molar-refractivity contribution >= 4 is 17.8 Å². The highest BCUT2D eigenvalue weighted by atomic mass is 16.3. The summed E-state index contributed by atoms with van der Waals surface area (Å²) in [5, 5.41) is 23.0. The van der Waals surface area contributed by atoms with Crippen molar-refractivity contribution in [1.29, 1.82) is 0 Å². The average Bonchev–Trinajstić information content (AvgIpc) is 2.78. The number of likely N-dealkylation sites (N-methyl/N-ethyl adjacent to an activating group) is 1. The third-order valence-electron chi connectivity index (χ3n) is 6.01. The predicted octanol–water partition coefficient (Wildman–Crippen LogP) is 2.68. The van der Waals surface area contributed by atoms with E-state index in [-0.39, 0.29) is 30.9 Å². The molecule has 1 rings (SSSR count). The van der Waals surface area contributed by atoms with Crippen LogP contribution >= 0.6 is 0 Å². The van der Waals surface area contributed by atoms with Gasteiger partial charge in [0.15, 0.2) is 0 Å². The highest BCUT2D eigenvalue weighted by molar-refractivity contribution is 5.89. The highest BCUT2D eigenvalue weighted by Gasteiger charge is 2.35. The number of aliphatic hydroxyl groups excluding tert-OH is 1. The van der Waals surface area contributed by atoms with Crippen molar-refractivity contribution in [1.82, 2.24) is 26.2 Å². The van der Waals surface area contributed by atoms with Gasteiger partial charge in [-0.1, -0.05) is 65.0 Å². The molecule has 216 valence electrons. The van der Waals surface area contributed by atoms with Gasteiger partial charge in [-0.25, -0.2) is 4.79 Å². The molecule has 1 aromatic carbocycles. The molecule has 1 unspecified atom stereocenters. The third kappa shape index (κ3) is 12.7. The number of hydrogen-bond acceptors (Lipinski definition) is 5. The van der Waals surface area contributed by atoms with Crippen LogP contribution in [0.5, 0.6) is 0 Å². The molecule has 9 heteroatoms. The number of urea groups is 1. The van der Waals surface area contributed by atoms with Gasteiger partial charge in [-0.05, 0) is 57.6 Å². The molecule has 0 aromatic heterocycles. The van der Waals surface area contributed by atoms with E-state index in [2.05, 4.69) is 35.1 Å². The van der Waals surface area contributed by atoms with Crippen molar-refractivity contribution in [3.63, 3.8) is 0 Å². The fourth-order valence-electron chi connectivity index (χ4n) is 3.91. The lowest BCUT2D eigenvalue weighted by atomic mass is 9.85. The maximum absolute atomic E-state index is 13.5. The van der Waals surface area contributed by atoms with Gasteiger partial charge in [0.2, 0.25) is 11.8 Å². The summed E-state index contributed by atoms with van der Waals surface area (Å²) in [6, 6.07) is 7.84. The molecule has 0 spiro atoms. The number of nitrogens with zero attached hydrogens (tertiary/aromatic N) is 1. The molecule has 0 saturated heterocycles. The minimum absolute atomic E-state index is 0.0543. The second-order valence-corrected chi connectivity index (χ2v) is 12.6. The lowest BCUT2D eigenvalue weighted by Crippen LogP contribution is -2.60. The van der Waals surface area contributed by atoms with E-state index in [0.717, 1.165) is 12.0 Å². The zero-order valence-electron chi connectivity index (χ0n) is 24.9. The van der Waals surface area contributed by atoms with Gasteiger partial charge >= 0.3 is 6.03 Å². The first-order valence-corrected chi connectivity index (χ1v) is 13.6. The Morgan fingerprint density at radius 1 is 0.974 bits per heavy atom. The SMILES string of the molecule is CNCC(=O)N[C@H](C(=O)NC(Cc1ccccc1)[C@H](O)CN(CCC(C)C)C(=O)NC(C)(C)C)C(C)(C)C. The van der Waals surface area contributed by atoms with E-state index in [1.807, 2.05) is 71.9 Å². The number of rotatable bonds is 13. The lowest BCUT2D eigenvalue weighted by Gasteiger charge is -2.35. The largest absolute Gasteiger partial charge is 0.389 e. The second-order valence-electron chi connectivity index (χ2n) is 12.6. The first kappa shape index (κ1) is 33.4. The van der Waals surface area contributed by atoms with Crippen molar-refractivity contribution in [2.24, 2.45) is 11.3 Å². The molecule has 1 aromatic rings. The van der Waals surface area contributed by atoms with Crippen molar-refractivity contribution in [2.75, 3.05) is 26.7 Å². The van der Waals surface area contributed by atoms with Crippen molar-refractivity contribution in [3.8, 4) is 0 Å². The first-order valence-electron chi connectivity index (χ1n) is 13.6. The van der Waals surface area contributed by atoms with Crippen molar-refractivity contribution < 1.29 is 19.5 Å². The molecule has 9 nitrogen and oxygen atoms in total. The first-order chi connectivity index (χ1) is 17.5. The number of carbonyl (C=O) groups excluding carboxylic acids is 3. The molecule has 0 aliphatic heterocycles. The van der Waals surface area contributed by atoms with Crippen LogP contribution in [0.3, 0.4) is 0 Å². The van der Waals surface area contributed by atoms with Crippen LogP contribution in [0, 0.1) is 11.3 Å². The molecule has 0 radical (unpaired) electrons. The van der Waals surface area contributed by atoms with E-state index < -0.39 is 29.1 Å². The molecule has 3 atom stereocenters. The molecule has 5 N–H and O–H groups in total. The summed E-state index contributed by atoms with van der Waals surface area (Å²) in [7, 11) is 1.67. The number of hydrogen-bond donors (Lipinski definition) is 5. The van der Waals surface area contributed by atoms with E-state index in [0.29, 0.717) is 18.9 Å². The Labute approximate surface area is 229 Å². The minimum atomic E-state index is -1.04. The number of nitrogens with one attached hydrogen (secondary N) is 4. The van der Waals surface area contributed by atoms with E-state index in [1.54, 1.807) is 11.9 Å². The van der Waals surface area contributed by atoms with Crippen LogP contribution in [0.15, 0.2) is 30.3 Å². The Bertz CT molecular complexity index is 877. The van der Waals surface area contributed by atoms with Gasteiger partial charge < -0.3 is 31.3 Å². The predicted molar refractivity (Wildman–Crippen MR) is 153 cm³/mol. The zero-order chi connectivity index (χ0) is 29.1. The summed E-state index contributed by atoms with van der Waals surface area (Å²) in [4.78, 5) is 40.5. The van der Waals surface area contributed by atoms with E-state index in [4.69, 9.17) is 0 Å². The molecule has 0 heterocycles. The van der Waals surface area contributed by atoms with Gasteiger partial charge in [0.05, 0.1) is 25.2 Å². The van der Waals surface area contributed by atoms with Crippen molar-refractivity contribution in [3.05, 3.63) is 35.9 Å². The van der Waals surface area contributed by atoms with Crippen LogP contribution in [-0.2, 0) is 16.0 Å². The average molecular weight is 534 g/mol. The van der Waals surface area contributed by atoms with Gasteiger partial charge in [0.25, 0.3) is 0 Å². The monoisotopic (exact) mass is 533 g/mol. The highest BCUT2D eigenvalue weighted by Crippen LogP contribution is 2.20. The number of benzene rings is 1. The van der Waals surface area contributed by atoms with Crippen LogP contribution < -0.4 is 21.3 Å². The number of amides is 4. The molecule has 0 aliphatic rings. The Morgan fingerprint density at radius 2 is 1.58 bits per heavy atom. The van der Waals surface area contributed by atoms with Crippen molar-refractivity contribution in [2.45, 2.75) is 92.0 Å². The number of carbonyl (C=O) groups is 3. The quantitative estimate of drug-likeness (QED) is 0.267. The van der Waals surface area contributed by atoms with E-state index in [9.17, 15) is 19.5 Å². The van der Waals surface area contributed by atoms with Crippen LogP contribution in [0.2, 0.25) is 0 Å². The van der Waals surface area contributed by atoms with Gasteiger partial charge in [-0.3, -0.25) is 9.59 Å². The van der Waals surface area contributed by atoms with Gasteiger partial charge in [0, 0.05) is 12.1 Å². The lowest BCUT2D eigenvalue weighted by molar-refractivity contribution is -0.132. The Balaban J connectivity index is 3.22. The summed E-state index contributed by atoms with van der Waals surface area (Å²) in [5.74, 6) is -0.290. The molecular formula is C29H51N5O4. The maximum Gasteiger partial charge on any atom is 0.317 e. The van der Waals surface area contributed by atoms with Gasteiger partial charge in [-0.2, -0.15) is 0 Å². The topological polar surface area (TPSA) is 123 Å². The Morgan fingerprint density at radius 3 is 2.08 bits per heavy atom. The summed E-state index contributed by atoms with van der Waals surface area (Å²) in [6.45, 7) is 16.2. The fourth-order valence-corrected chi connectivity index (χ4v) is 3.91. The molecule has 0 bridgehead atoms. The smallest absolute Gasteiger partial charge is 0.317 e. The van der Waals surface area contributed by atoms with Crippen LogP contribution in [0.4, 0.5) is 4.79 Å². The summed E-state index contributed by atoms with van der Waals surface area (Å²) < 4.78 is 0. The van der Waals surface area contributed by atoms with Crippen LogP contribution in [0.1, 0.15) is 67.4 Å². The van der Waals surface area contributed by atoms with Gasteiger partial charge in [-0.15, -0.1) is 0 Å². The second kappa shape index (κ2) is 15.1. The summed E-state index contributed by atoms with van der Waals surface area (Å²) >= 11 is 0. The minimum Gasteiger partial charge on any atom is -0.389 e. The molecule has 4 amide bonds. The molecule has 0 aliphatic carbocycles.